The molecule has 0 aliphatic carbocycles. The van der Waals surface area contributed by atoms with Gasteiger partial charge in [-0.3, -0.25) is 4.79 Å². The van der Waals surface area contributed by atoms with Crippen LogP contribution in [0, 0.1) is 17.2 Å². The lowest BCUT2D eigenvalue weighted by Crippen LogP contribution is -2.34. The molecule has 0 heterocycles. The van der Waals surface area contributed by atoms with Crippen molar-refractivity contribution >= 4 is 17.5 Å². The third-order valence-electron chi connectivity index (χ3n) is 3.29. The molecule has 102 valence electrons. The number of nitrogens with zero attached hydrogens (tertiary/aromatic N) is 2. The van der Waals surface area contributed by atoms with Crippen LogP contribution in [0.2, 0.25) is 5.02 Å². The maximum Gasteiger partial charge on any atom is 0.240 e. The van der Waals surface area contributed by atoms with E-state index in [0.717, 1.165) is 12.0 Å². The van der Waals surface area contributed by atoms with E-state index in [4.69, 9.17) is 16.9 Å². The zero-order valence-corrected chi connectivity index (χ0v) is 12.3. The molecule has 0 aromatic heterocycles. The molecule has 4 heteroatoms. The highest BCUT2D eigenvalue weighted by molar-refractivity contribution is 6.30. The number of hydrogen-bond acceptors (Lipinski definition) is 2. The van der Waals surface area contributed by atoms with Gasteiger partial charge in [0.2, 0.25) is 5.91 Å². The summed E-state index contributed by atoms with van der Waals surface area (Å²) in [7, 11) is 1.73. The van der Waals surface area contributed by atoms with Gasteiger partial charge in [0.1, 0.15) is 5.92 Å². The molecule has 19 heavy (non-hydrogen) atoms. The Bertz CT molecular complexity index is 481. The van der Waals surface area contributed by atoms with Gasteiger partial charge in [0, 0.05) is 12.1 Å². The van der Waals surface area contributed by atoms with Gasteiger partial charge in [0.25, 0.3) is 0 Å². The van der Waals surface area contributed by atoms with Gasteiger partial charge < -0.3 is 4.90 Å². The third-order valence-corrected chi connectivity index (χ3v) is 3.53. The highest BCUT2D eigenvalue weighted by Gasteiger charge is 2.24. The summed E-state index contributed by atoms with van der Waals surface area (Å²) in [6, 6.07) is 9.42. The minimum absolute atomic E-state index is 0.0982. The maximum atomic E-state index is 12.2. The number of carbonyl (C=O) groups excluding carboxylic acids is 1. The summed E-state index contributed by atoms with van der Waals surface area (Å²) in [6.45, 7) is 3.90. The Morgan fingerprint density at radius 1 is 1.53 bits per heavy atom. The highest BCUT2D eigenvalue weighted by atomic mass is 35.5. The van der Waals surface area contributed by atoms with Gasteiger partial charge in [-0.05, 0) is 31.0 Å². The van der Waals surface area contributed by atoms with Crippen molar-refractivity contribution < 1.29 is 4.79 Å². The molecule has 0 aliphatic rings. The number of amides is 1. The molecule has 0 N–H and O–H groups in total. The van der Waals surface area contributed by atoms with Crippen LogP contribution in [0.4, 0.5) is 0 Å². The van der Waals surface area contributed by atoms with Gasteiger partial charge in [-0.15, -0.1) is 0 Å². The van der Waals surface area contributed by atoms with Crippen molar-refractivity contribution in [2.45, 2.75) is 32.7 Å². The predicted octanol–water partition coefficient (Wildman–Crippen LogP) is 3.80. The fraction of sp³-hybridized carbons (Fsp3) is 0.467. The second-order valence-corrected chi connectivity index (χ2v) is 5.09. The van der Waals surface area contributed by atoms with E-state index in [1.165, 1.54) is 0 Å². The molecule has 2 atom stereocenters. The molecule has 1 amide bonds. The van der Waals surface area contributed by atoms with Gasteiger partial charge in [-0.25, -0.2) is 0 Å². The summed E-state index contributed by atoms with van der Waals surface area (Å²) >= 11 is 5.96. The zero-order chi connectivity index (χ0) is 14.4. The molecular formula is C15H19ClN2O. The Hall–Kier alpha value is -1.53. The largest absolute Gasteiger partial charge is 0.338 e. The van der Waals surface area contributed by atoms with Crippen LogP contribution in [0.3, 0.4) is 0 Å². The standard InChI is InChI=1S/C15H19ClN2O/c1-4-6-13(10-17)15(19)18(3)11(2)12-7-5-8-14(16)9-12/h5,7-9,11,13H,4,6H2,1-3H3. The lowest BCUT2D eigenvalue weighted by Gasteiger charge is -2.27. The second-order valence-electron chi connectivity index (χ2n) is 4.65. The maximum absolute atomic E-state index is 12.2. The third kappa shape index (κ3) is 3.97. The van der Waals surface area contributed by atoms with E-state index in [9.17, 15) is 4.79 Å². The van der Waals surface area contributed by atoms with Crippen molar-refractivity contribution in [2.75, 3.05) is 7.05 Å². The molecular weight excluding hydrogens is 260 g/mol. The van der Waals surface area contributed by atoms with E-state index in [1.54, 1.807) is 18.0 Å². The van der Waals surface area contributed by atoms with Crippen molar-refractivity contribution in [3.8, 4) is 6.07 Å². The molecule has 0 aliphatic heterocycles. The first-order chi connectivity index (χ1) is 9.01. The van der Waals surface area contributed by atoms with Crippen molar-refractivity contribution in [3.63, 3.8) is 0 Å². The van der Waals surface area contributed by atoms with Crippen LogP contribution in [0.1, 0.15) is 38.3 Å². The van der Waals surface area contributed by atoms with Gasteiger partial charge in [0.05, 0.1) is 12.1 Å². The first kappa shape index (κ1) is 15.5. The van der Waals surface area contributed by atoms with Crippen LogP contribution < -0.4 is 0 Å². The molecule has 0 saturated heterocycles. The van der Waals surface area contributed by atoms with E-state index in [0.29, 0.717) is 11.4 Å². The minimum atomic E-state index is -0.559. The van der Waals surface area contributed by atoms with Crippen molar-refractivity contribution in [3.05, 3.63) is 34.9 Å². The van der Waals surface area contributed by atoms with E-state index >= 15 is 0 Å². The second kappa shape index (κ2) is 7.16. The van der Waals surface area contributed by atoms with Gasteiger partial charge >= 0.3 is 0 Å². The zero-order valence-electron chi connectivity index (χ0n) is 11.6. The fourth-order valence-corrected chi connectivity index (χ4v) is 2.16. The average molecular weight is 279 g/mol. The Morgan fingerprint density at radius 2 is 2.21 bits per heavy atom. The van der Waals surface area contributed by atoms with E-state index < -0.39 is 5.92 Å². The van der Waals surface area contributed by atoms with Crippen LogP contribution in [0.15, 0.2) is 24.3 Å². The minimum Gasteiger partial charge on any atom is -0.338 e. The van der Waals surface area contributed by atoms with Crippen LogP contribution >= 0.6 is 11.6 Å². The summed E-state index contributed by atoms with van der Waals surface area (Å²) < 4.78 is 0. The molecule has 0 bridgehead atoms. The molecule has 1 rings (SSSR count). The molecule has 0 spiro atoms. The highest BCUT2D eigenvalue weighted by Crippen LogP contribution is 2.23. The van der Waals surface area contributed by atoms with Crippen LogP contribution in [0.25, 0.3) is 0 Å². The molecule has 0 radical (unpaired) electrons. The fourth-order valence-electron chi connectivity index (χ4n) is 1.96. The predicted molar refractivity (Wildman–Crippen MR) is 76.6 cm³/mol. The van der Waals surface area contributed by atoms with Crippen LogP contribution in [-0.2, 0) is 4.79 Å². The SMILES string of the molecule is CCCC(C#N)C(=O)N(C)C(C)c1cccc(Cl)c1. The number of halogens is 1. The van der Waals surface area contributed by atoms with Gasteiger partial charge in [-0.2, -0.15) is 5.26 Å². The normalized spacial score (nSPS) is 13.4. The van der Waals surface area contributed by atoms with E-state index in [1.807, 2.05) is 32.0 Å². The smallest absolute Gasteiger partial charge is 0.240 e. The summed E-state index contributed by atoms with van der Waals surface area (Å²) in [4.78, 5) is 13.9. The van der Waals surface area contributed by atoms with E-state index in [-0.39, 0.29) is 11.9 Å². The first-order valence-electron chi connectivity index (χ1n) is 6.43. The molecule has 0 saturated carbocycles. The molecule has 3 nitrogen and oxygen atoms in total. The lowest BCUT2D eigenvalue weighted by molar-refractivity contribution is -0.134. The van der Waals surface area contributed by atoms with Crippen LogP contribution in [0.5, 0.6) is 0 Å². The number of hydrogen-bond donors (Lipinski definition) is 0. The topological polar surface area (TPSA) is 44.1 Å². The van der Waals surface area contributed by atoms with Crippen molar-refractivity contribution in [1.82, 2.24) is 4.90 Å². The monoisotopic (exact) mass is 278 g/mol. The van der Waals surface area contributed by atoms with Crippen molar-refractivity contribution in [1.29, 1.82) is 5.26 Å². The van der Waals surface area contributed by atoms with Gasteiger partial charge in [-0.1, -0.05) is 37.1 Å². The van der Waals surface area contributed by atoms with Crippen molar-refractivity contribution in [2.24, 2.45) is 5.92 Å². The average Bonchev–Trinajstić information content (AvgIpc) is 2.42. The summed E-state index contributed by atoms with van der Waals surface area (Å²) in [6.07, 6.45) is 1.42. The molecule has 1 aromatic carbocycles. The Labute approximate surface area is 119 Å². The molecule has 0 fully saturated rings. The number of carbonyl (C=O) groups is 1. The van der Waals surface area contributed by atoms with Gasteiger partial charge in [0.15, 0.2) is 0 Å². The number of nitriles is 1. The first-order valence-corrected chi connectivity index (χ1v) is 6.80. The molecule has 2 unspecified atom stereocenters. The van der Waals surface area contributed by atoms with E-state index in [2.05, 4.69) is 6.07 Å². The number of rotatable bonds is 5. The summed E-state index contributed by atoms with van der Waals surface area (Å²) in [5, 5.41) is 9.70. The van der Waals surface area contributed by atoms with Crippen LogP contribution in [-0.4, -0.2) is 17.9 Å². The Kier molecular flexibility index (Phi) is 5.85. The lowest BCUT2D eigenvalue weighted by atomic mass is 10.0. The Morgan fingerprint density at radius 3 is 2.74 bits per heavy atom. The quantitative estimate of drug-likeness (QED) is 0.822. The summed E-state index contributed by atoms with van der Waals surface area (Å²) in [5.41, 5.74) is 0.969. The summed E-state index contributed by atoms with van der Waals surface area (Å²) in [5.74, 6) is -0.687. The Balaban J connectivity index is 2.85. The number of benzene rings is 1. The molecule has 1 aromatic rings.